The molecule has 26 heavy (non-hydrogen) atoms. The molecule has 140 valence electrons. The highest BCUT2D eigenvalue weighted by molar-refractivity contribution is 9.10. The second-order valence-electron chi connectivity index (χ2n) is 6.92. The third-order valence-corrected chi connectivity index (χ3v) is 4.04. The molecular formula is C18H23BrN4O3. The first-order valence-corrected chi connectivity index (χ1v) is 9.18. The SMILES string of the molecule is CC(C)(C)c1noc(CCC(=O)NCCC(=O)Nc2ccc(Br)cc2)n1. The molecule has 0 aliphatic rings. The predicted octanol–water partition coefficient (Wildman–Crippen LogP) is 3.21. The van der Waals surface area contributed by atoms with Crippen LogP contribution in [-0.2, 0) is 21.4 Å². The summed E-state index contributed by atoms with van der Waals surface area (Å²) in [4.78, 5) is 28.0. The lowest BCUT2D eigenvalue weighted by Gasteiger charge is -2.10. The smallest absolute Gasteiger partial charge is 0.227 e. The Hall–Kier alpha value is -2.22. The Labute approximate surface area is 161 Å². The van der Waals surface area contributed by atoms with E-state index in [2.05, 4.69) is 36.7 Å². The molecule has 0 radical (unpaired) electrons. The number of nitrogens with zero attached hydrogens (tertiary/aromatic N) is 2. The van der Waals surface area contributed by atoms with Crippen molar-refractivity contribution in [2.45, 2.75) is 45.4 Å². The van der Waals surface area contributed by atoms with Gasteiger partial charge in [-0.1, -0.05) is 41.9 Å². The number of carbonyl (C=O) groups is 2. The van der Waals surface area contributed by atoms with Crippen molar-refractivity contribution in [3.8, 4) is 0 Å². The molecule has 8 heteroatoms. The minimum Gasteiger partial charge on any atom is -0.356 e. The molecule has 0 aliphatic carbocycles. The van der Waals surface area contributed by atoms with E-state index in [1.165, 1.54) is 0 Å². The molecule has 2 rings (SSSR count). The largest absolute Gasteiger partial charge is 0.356 e. The van der Waals surface area contributed by atoms with Gasteiger partial charge in [0.25, 0.3) is 0 Å². The highest BCUT2D eigenvalue weighted by atomic mass is 79.9. The maximum absolute atomic E-state index is 11.9. The molecule has 1 aromatic heterocycles. The summed E-state index contributed by atoms with van der Waals surface area (Å²) in [5.41, 5.74) is 0.530. The number of anilines is 1. The van der Waals surface area contributed by atoms with Crippen LogP contribution in [0.2, 0.25) is 0 Å². The summed E-state index contributed by atoms with van der Waals surface area (Å²) in [5, 5.41) is 9.41. The Morgan fingerprint density at radius 2 is 1.81 bits per heavy atom. The molecule has 0 saturated carbocycles. The van der Waals surface area contributed by atoms with Gasteiger partial charge in [0.1, 0.15) is 0 Å². The van der Waals surface area contributed by atoms with Gasteiger partial charge in [0, 0.05) is 41.4 Å². The van der Waals surface area contributed by atoms with Gasteiger partial charge in [-0.15, -0.1) is 0 Å². The minimum atomic E-state index is -0.188. The van der Waals surface area contributed by atoms with Gasteiger partial charge >= 0.3 is 0 Å². The van der Waals surface area contributed by atoms with Crippen molar-refractivity contribution in [1.29, 1.82) is 0 Å². The summed E-state index contributed by atoms with van der Waals surface area (Å²) in [6, 6.07) is 7.30. The van der Waals surface area contributed by atoms with Crippen molar-refractivity contribution in [3.05, 3.63) is 40.5 Å². The topological polar surface area (TPSA) is 97.1 Å². The van der Waals surface area contributed by atoms with Gasteiger partial charge in [0.05, 0.1) is 0 Å². The maximum atomic E-state index is 11.9. The monoisotopic (exact) mass is 422 g/mol. The molecule has 1 heterocycles. The number of amides is 2. The molecule has 2 N–H and O–H groups in total. The fourth-order valence-electron chi connectivity index (χ4n) is 2.04. The highest BCUT2D eigenvalue weighted by Gasteiger charge is 2.21. The highest BCUT2D eigenvalue weighted by Crippen LogP contribution is 2.18. The lowest BCUT2D eigenvalue weighted by Crippen LogP contribution is -2.27. The summed E-state index contributed by atoms with van der Waals surface area (Å²) in [6.07, 6.45) is 0.816. The number of halogens is 1. The molecule has 2 aromatic rings. The first-order valence-electron chi connectivity index (χ1n) is 8.39. The molecule has 7 nitrogen and oxygen atoms in total. The lowest BCUT2D eigenvalue weighted by molar-refractivity contribution is -0.121. The summed E-state index contributed by atoms with van der Waals surface area (Å²) in [5.74, 6) is 0.756. The first-order chi connectivity index (χ1) is 12.2. The zero-order valence-corrected chi connectivity index (χ0v) is 16.7. The van der Waals surface area contributed by atoms with Crippen molar-refractivity contribution in [2.24, 2.45) is 0 Å². The van der Waals surface area contributed by atoms with Crippen molar-refractivity contribution < 1.29 is 14.1 Å². The van der Waals surface area contributed by atoms with E-state index < -0.39 is 0 Å². The molecular weight excluding hydrogens is 400 g/mol. The number of rotatable bonds is 7. The van der Waals surface area contributed by atoms with Crippen LogP contribution in [0.4, 0.5) is 5.69 Å². The molecule has 0 atom stereocenters. The minimum absolute atomic E-state index is 0.153. The van der Waals surface area contributed by atoms with Gasteiger partial charge in [-0.05, 0) is 24.3 Å². The van der Waals surface area contributed by atoms with E-state index >= 15 is 0 Å². The molecule has 0 saturated heterocycles. The molecule has 0 aliphatic heterocycles. The van der Waals surface area contributed by atoms with Gasteiger partial charge < -0.3 is 15.2 Å². The van der Waals surface area contributed by atoms with Crippen LogP contribution < -0.4 is 10.6 Å². The standard InChI is InChI=1S/C18H23BrN4O3/c1-18(2,3)17-22-16(26-23-17)9-8-14(24)20-11-10-15(25)21-13-6-4-12(19)5-7-13/h4-7H,8-11H2,1-3H3,(H,20,24)(H,21,25). The Morgan fingerprint density at radius 1 is 1.12 bits per heavy atom. The fraction of sp³-hybridized carbons (Fsp3) is 0.444. The number of hydrogen-bond acceptors (Lipinski definition) is 5. The zero-order valence-electron chi connectivity index (χ0n) is 15.1. The Kier molecular flexibility index (Phi) is 6.90. The molecule has 0 fully saturated rings. The zero-order chi connectivity index (χ0) is 19.2. The average molecular weight is 423 g/mol. The number of nitrogens with one attached hydrogen (secondary N) is 2. The van der Waals surface area contributed by atoms with Gasteiger partial charge in [0.2, 0.25) is 17.7 Å². The number of aromatic nitrogens is 2. The van der Waals surface area contributed by atoms with Crippen LogP contribution >= 0.6 is 15.9 Å². The molecule has 2 amide bonds. The number of hydrogen-bond donors (Lipinski definition) is 2. The third kappa shape index (κ3) is 6.59. The Balaban J connectivity index is 1.66. The Morgan fingerprint density at radius 3 is 2.42 bits per heavy atom. The van der Waals surface area contributed by atoms with E-state index in [-0.39, 0.29) is 36.6 Å². The molecule has 0 unspecified atom stereocenters. The average Bonchev–Trinajstić information content (AvgIpc) is 3.04. The first kappa shape index (κ1) is 20.1. The summed E-state index contributed by atoms with van der Waals surface area (Å²) >= 11 is 3.34. The van der Waals surface area contributed by atoms with Crippen LogP contribution in [0.25, 0.3) is 0 Å². The van der Waals surface area contributed by atoms with Crippen LogP contribution in [0.5, 0.6) is 0 Å². The van der Waals surface area contributed by atoms with Gasteiger partial charge in [-0.2, -0.15) is 4.98 Å². The number of aryl methyl sites for hydroxylation is 1. The van der Waals surface area contributed by atoms with E-state index in [1.54, 1.807) is 12.1 Å². The maximum Gasteiger partial charge on any atom is 0.227 e. The van der Waals surface area contributed by atoms with Crippen LogP contribution in [-0.4, -0.2) is 28.5 Å². The van der Waals surface area contributed by atoms with E-state index in [1.807, 2.05) is 32.9 Å². The van der Waals surface area contributed by atoms with E-state index in [0.717, 1.165) is 10.2 Å². The van der Waals surface area contributed by atoms with Gasteiger partial charge in [-0.3, -0.25) is 9.59 Å². The fourth-order valence-corrected chi connectivity index (χ4v) is 2.31. The van der Waals surface area contributed by atoms with Crippen molar-refractivity contribution in [1.82, 2.24) is 15.5 Å². The van der Waals surface area contributed by atoms with E-state index in [4.69, 9.17) is 4.52 Å². The predicted molar refractivity (Wildman–Crippen MR) is 102 cm³/mol. The van der Waals surface area contributed by atoms with E-state index in [0.29, 0.717) is 18.1 Å². The molecule has 0 spiro atoms. The number of benzene rings is 1. The molecule has 1 aromatic carbocycles. The summed E-state index contributed by atoms with van der Waals surface area (Å²) in [6.45, 7) is 6.26. The van der Waals surface area contributed by atoms with Crippen molar-refractivity contribution in [2.75, 3.05) is 11.9 Å². The summed E-state index contributed by atoms with van der Waals surface area (Å²) < 4.78 is 6.09. The second kappa shape index (κ2) is 8.93. The van der Waals surface area contributed by atoms with Crippen molar-refractivity contribution in [3.63, 3.8) is 0 Å². The van der Waals surface area contributed by atoms with Crippen LogP contribution in [0.15, 0.2) is 33.3 Å². The third-order valence-electron chi connectivity index (χ3n) is 3.51. The van der Waals surface area contributed by atoms with Crippen LogP contribution in [0, 0.1) is 0 Å². The quantitative estimate of drug-likeness (QED) is 0.713. The second-order valence-corrected chi connectivity index (χ2v) is 7.83. The Bertz CT molecular complexity index is 751. The van der Waals surface area contributed by atoms with E-state index in [9.17, 15) is 9.59 Å². The van der Waals surface area contributed by atoms with Gasteiger partial charge in [-0.25, -0.2) is 0 Å². The number of carbonyl (C=O) groups excluding carboxylic acids is 2. The van der Waals surface area contributed by atoms with Crippen molar-refractivity contribution >= 4 is 33.4 Å². The normalized spacial score (nSPS) is 11.2. The van der Waals surface area contributed by atoms with Crippen LogP contribution in [0.1, 0.15) is 45.3 Å². The summed E-state index contributed by atoms with van der Waals surface area (Å²) in [7, 11) is 0. The van der Waals surface area contributed by atoms with Gasteiger partial charge in [0.15, 0.2) is 5.82 Å². The lowest BCUT2D eigenvalue weighted by atomic mass is 9.96. The van der Waals surface area contributed by atoms with Crippen LogP contribution in [0.3, 0.4) is 0 Å². The molecule has 0 bridgehead atoms.